The lowest BCUT2D eigenvalue weighted by molar-refractivity contribution is -0.130. The first kappa shape index (κ1) is 11.9. The van der Waals surface area contributed by atoms with Crippen molar-refractivity contribution in [3.8, 4) is 0 Å². The van der Waals surface area contributed by atoms with E-state index in [4.69, 9.17) is 0 Å². The van der Waals surface area contributed by atoms with Gasteiger partial charge in [0.25, 0.3) is 0 Å². The minimum Gasteiger partial charge on any atom is -0.327 e. The van der Waals surface area contributed by atoms with Crippen molar-refractivity contribution >= 4 is 5.91 Å². The molecule has 16 heavy (non-hydrogen) atoms. The van der Waals surface area contributed by atoms with E-state index in [1.807, 2.05) is 11.8 Å². The molecule has 1 heterocycles. The lowest BCUT2D eigenvalue weighted by atomic mass is 9.95. The van der Waals surface area contributed by atoms with Crippen LogP contribution in [0.25, 0.3) is 0 Å². The van der Waals surface area contributed by atoms with E-state index in [9.17, 15) is 4.79 Å². The van der Waals surface area contributed by atoms with Crippen LogP contribution in [0.2, 0.25) is 0 Å². The standard InChI is InChI=1S/C12H23N3O/c1-10-11(16)15(9-13-10)8-12(14(2)3)6-4-5-7-12/h10,13H,4-9H2,1-3H3. The van der Waals surface area contributed by atoms with Gasteiger partial charge < -0.3 is 9.80 Å². The number of hydrogen-bond donors (Lipinski definition) is 1. The zero-order chi connectivity index (χ0) is 11.8. The third-order valence-corrected chi connectivity index (χ3v) is 4.24. The Bertz CT molecular complexity index is 271. The normalized spacial score (nSPS) is 29.4. The molecule has 0 radical (unpaired) electrons. The summed E-state index contributed by atoms with van der Waals surface area (Å²) in [5, 5.41) is 3.21. The molecular formula is C12H23N3O. The highest BCUT2D eigenvalue weighted by Crippen LogP contribution is 2.34. The van der Waals surface area contributed by atoms with Gasteiger partial charge in [0.2, 0.25) is 5.91 Å². The number of carbonyl (C=O) groups is 1. The number of hydrogen-bond acceptors (Lipinski definition) is 3. The van der Waals surface area contributed by atoms with Crippen LogP contribution in [0.1, 0.15) is 32.6 Å². The zero-order valence-electron chi connectivity index (χ0n) is 10.6. The fourth-order valence-corrected chi connectivity index (χ4v) is 2.96. The number of nitrogens with one attached hydrogen (secondary N) is 1. The highest BCUT2D eigenvalue weighted by molar-refractivity contribution is 5.83. The summed E-state index contributed by atoms with van der Waals surface area (Å²) in [4.78, 5) is 16.2. The molecular weight excluding hydrogens is 202 g/mol. The van der Waals surface area contributed by atoms with E-state index in [1.54, 1.807) is 0 Å². The monoisotopic (exact) mass is 225 g/mol. The molecule has 1 atom stereocenters. The molecule has 1 saturated heterocycles. The molecule has 0 aromatic heterocycles. The van der Waals surface area contributed by atoms with Crippen LogP contribution in [-0.2, 0) is 4.79 Å². The Morgan fingerprint density at radius 3 is 2.50 bits per heavy atom. The van der Waals surface area contributed by atoms with E-state index < -0.39 is 0 Å². The summed E-state index contributed by atoms with van der Waals surface area (Å²) >= 11 is 0. The van der Waals surface area contributed by atoms with Crippen LogP contribution in [0.15, 0.2) is 0 Å². The summed E-state index contributed by atoms with van der Waals surface area (Å²) in [6, 6.07) is 0.000570. The quantitative estimate of drug-likeness (QED) is 0.765. The maximum Gasteiger partial charge on any atom is 0.240 e. The summed E-state index contributed by atoms with van der Waals surface area (Å²) in [5.41, 5.74) is 0.224. The Hall–Kier alpha value is -0.610. The lowest BCUT2D eigenvalue weighted by Gasteiger charge is -2.39. The van der Waals surface area contributed by atoms with Gasteiger partial charge >= 0.3 is 0 Å². The van der Waals surface area contributed by atoms with Gasteiger partial charge in [-0.15, -0.1) is 0 Å². The molecule has 0 aromatic rings. The van der Waals surface area contributed by atoms with E-state index in [1.165, 1.54) is 25.7 Å². The van der Waals surface area contributed by atoms with Crippen molar-refractivity contribution in [2.75, 3.05) is 27.3 Å². The van der Waals surface area contributed by atoms with Crippen molar-refractivity contribution in [3.63, 3.8) is 0 Å². The third kappa shape index (κ3) is 1.96. The summed E-state index contributed by atoms with van der Waals surface area (Å²) in [6.07, 6.45) is 5.03. The Kier molecular flexibility index (Phi) is 3.22. The van der Waals surface area contributed by atoms with Gasteiger partial charge in [-0.3, -0.25) is 10.1 Å². The number of rotatable bonds is 3. The maximum atomic E-state index is 11.9. The molecule has 1 aliphatic heterocycles. The van der Waals surface area contributed by atoms with Gasteiger partial charge in [0, 0.05) is 12.1 Å². The molecule has 0 bridgehead atoms. The van der Waals surface area contributed by atoms with E-state index in [-0.39, 0.29) is 17.5 Å². The molecule has 2 fully saturated rings. The number of likely N-dealkylation sites (N-methyl/N-ethyl adjacent to an activating group) is 1. The lowest BCUT2D eigenvalue weighted by Crippen LogP contribution is -2.51. The van der Waals surface area contributed by atoms with Crippen molar-refractivity contribution in [1.82, 2.24) is 15.1 Å². The van der Waals surface area contributed by atoms with E-state index >= 15 is 0 Å². The SMILES string of the molecule is CC1NCN(CC2(N(C)C)CCCC2)C1=O. The molecule has 1 saturated carbocycles. The molecule has 4 nitrogen and oxygen atoms in total. The Morgan fingerprint density at radius 2 is 2.06 bits per heavy atom. The van der Waals surface area contributed by atoms with Crippen LogP contribution in [-0.4, -0.2) is 54.6 Å². The van der Waals surface area contributed by atoms with Crippen molar-refractivity contribution in [1.29, 1.82) is 0 Å². The summed E-state index contributed by atoms with van der Waals surface area (Å²) in [5.74, 6) is 0.258. The average molecular weight is 225 g/mol. The topological polar surface area (TPSA) is 35.6 Å². The fourth-order valence-electron chi connectivity index (χ4n) is 2.96. The first-order chi connectivity index (χ1) is 7.55. The molecule has 0 aromatic carbocycles. The second kappa shape index (κ2) is 4.34. The molecule has 4 heteroatoms. The number of carbonyl (C=O) groups excluding carboxylic acids is 1. The third-order valence-electron chi connectivity index (χ3n) is 4.24. The predicted octanol–water partition coefficient (Wildman–Crippen LogP) is 0.639. The summed E-state index contributed by atoms with van der Waals surface area (Å²) < 4.78 is 0. The molecule has 0 spiro atoms. The highest BCUT2D eigenvalue weighted by Gasteiger charge is 2.40. The first-order valence-electron chi connectivity index (χ1n) is 6.25. The molecule has 1 amide bonds. The molecule has 92 valence electrons. The Morgan fingerprint density at radius 1 is 1.44 bits per heavy atom. The van der Waals surface area contributed by atoms with Gasteiger partial charge in [0.05, 0.1) is 12.7 Å². The minimum absolute atomic E-state index is 0.000570. The number of nitrogens with zero attached hydrogens (tertiary/aromatic N) is 2. The average Bonchev–Trinajstić information content (AvgIpc) is 2.82. The Balaban J connectivity index is 2.04. The van der Waals surface area contributed by atoms with Crippen molar-refractivity contribution in [2.45, 2.75) is 44.2 Å². The first-order valence-corrected chi connectivity index (χ1v) is 6.25. The molecule has 2 rings (SSSR count). The van der Waals surface area contributed by atoms with Crippen LogP contribution in [0.3, 0.4) is 0 Å². The summed E-state index contributed by atoms with van der Waals surface area (Å²) in [6.45, 7) is 3.55. The van der Waals surface area contributed by atoms with Crippen molar-refractivity contribution < 1.29 is 4.79 Å². The van der Waals surface area contributed by atoms with Gasteiger partial charge in [0.15, 0.2) is 0 Å². The van der Waals surface area contributed by atoms with E-state index in [2.05, 4.69) is 24.3 Å². The predicted molar refractivity (Wildman–Crippen MR) is 64.1 cm³/mol. The van der Waals surface area contributed by atoms with Gasteiger partial charge in [-0.1, -0.05) is 12.8 Å². The van der Waals surface area contributed by atoms with E-state index in [0.717, 1.165) is 13.2 Å². The second-order valence-electron chi connectivity index (χ2n) is 5.45. The number of amides is 1. The molecule has 1 unspecified atom stereocenters. The smallest absolute Gasteiger partial charge is 0.240 e. The summed E-state index contributed by atoms with van der Waals surface area (Å²) in [7, 11) is 4.28. The van der Waals surface area contributed by atoms with Crippen molar-refractivity contribution in [2.24, 2.45) is 0 Å². The van der Waals surface area contributed by atoms with Crippen LogP contribution in [0, 0.1) is 0 Å². The fraction of sp³-hybridized carbons (Fsp3) is 0.917. The van der Waals surface area contributed by atoms with Crippen LogP contribution in [0.5, 0.6) is 0 Å². The van der Waals surface area contributed by atoms with Gasteiger partial charge in [-0.2, -0.15) is 0 Å². The highest BCUT2D eigenvalue weighted by atomic mass is 16.2. The van der Waals surface area contributed by atoms with Crippen LogP contribution < -0.4 is 5.32 Å². The van der Waals surface area contributed by atoms with Crippen molar-refractivity contribution in [3.05, 3.63) is 0 Å². The largest absolute Gasteiger partial charge is 0.327 e. The molecule has 1 N–H and O–H groups in total. The van der Waals surface area contributed by atoms with Gasteiger partial charge in [0.1, 0.15) is 0 Å². The van der Waals surface area contributed by atoms with Crippen LogP contribution >= 0.6 is 0 Å². The molecule has 1 aliphatic carbocycles. The zero-order valence-corrected chi connectivity index (χ0v) is 10.6. The van der Waals surface area contributed by atoms with E-state index in [0.29, 0.717) is 0 Å². The molecule has 2 aliphatic rings. The minimum atomic E-state index is 0.000570. The Labute approximate surface area is 98.0 Å². The van der Waals surface area contributed by atoms with Gasteiger partial charge in [-0.05, 0) is 33.9 Å². The van der Waals surface area contributed by atoms with Gasteiger partial charge in [-0.25, -0.2) is 0 Å². The second-order valence-corrected chi connectivity index (χ2v) is 5.45. The maximum absolute atomic E-state index is 11.9. The van der Waals surface area contributed by atoms with Crippen LogP contribution in [0.4, 0.5) is 0 Å².